The van der Waals surface area contributed by atoms with E-state index in [0.29, 0.717) is 5.56 Å². The number of nitro groups is 1. The van der Waals surface area contributed by atoms with Gasteiger partial charge in [0.15, 0.2) is 0 Å². The second-order valence-electron chi connectivity index (χ2n) is 3.39. The number of rotatable bonds is 5. The van der Waals surface area contributed by atoms with Gasteiger partial charge in [-0.15, -0.1) is 0 Å². The fraction of sp³-hybridized carbons (Fsp3) is 0.333. The van der Waals surface area contributed by atoms with Crippen LogP contribution in [0.15, 0.2) is 24.3 Å². The van der Waals surface area contributed by atoms with Crippen molar-refractivity contribution in [1.82, 2.24) is 0 Å². The number of para-hydroxylation sites is 1. The minimum Gasteiger partial charge on any atom is -0.258 e. The molecule has 0 heterocycles. The van der Waals surface area contributed by atoms with Crippen LogP contribution >= 0.6 is 10.7 Å². The summed E-state index contributed by atoms with van der Waals surface area (Å²) in [6, 6.07) is 6.07. The van der Waals surface area contributed by atoms with Crippen LogP contribution in [0.25, 0.3) is 0 Å². The molecule has 0 saturated carbocycles. The van der Waals surface area contributed by atoms with Crippen molar-refractivity contribution in [3.8, 4) is 0 Å². The van der Waals surface area contributed by atoms with Crippen LogP contribution in [0.5, 0.6) is 0 Å². The summed E-state index contributed by atoms with van der Waals surface area (Å²) in [5.41, 5.74) is 0.327. The summed E-state index contributed by atoms with van der Waals surface area (Å²) in [6.07, 6.45) is 0. The highest BCUT2D eigenvalue weighted by atomic mass is 35.7. The largest absolute Gasteiger partial charge is 0.355 e. The first-order valence-electron chi connectivity index (χ1n) is 4.63. The van der Waals surface area contributed by atoms with Crippen LogP contribution in [0, 0.1) is 10.1 Å². The van der Waals surface area contributed by atoms with Crippen molar-refractivity contribution >= 4 is 25.7 Å². The van der Waals surface area contributed by atoms with Gasteiger partial charge in [-0.3, -0.25) is 14.3 Å². The van der Waals surface area contributed by atoms with Crippen LogP contribution < -0.4 is 0 Å². The quantitative estimate of drug-likeness (QED) is 0.468. The molecule has 8 heteroatoms. The van der Waals surface area contributed by atoms with Gasteiger partial charge in [-0.25, -0.2) is 0 Å². The Labute approximate surface area is 103 Å². The molecule has 0 aliphatic carbocycles. The SMILES string of the molecule is CC(COS(=O)(=O)Cl)c1ccccc1[N+](=O)[O-]. The van der Waals surface area contributed by atoms with Crippen molar-refractivity contribution in [2.45, 2.75) is 12.8 Å². The van der Waals surface area contributed by atoms with Crippen molar-refractivity contribution in [3.63, 3.8) is 0 Å². The summed E-state index contributed by atoms with van der Waals surface area (Å²) in [4.78, 5) is 10.2. The van der Waals surface area contributed by atoms with Crippen LogP contribution in [0.4, 0.5) is 5.69 Å². The first kappa shape index (κ1) is 13.9. The van der Waals surface area contributed by atoms with Crippen LogP contribution in [0.2, 0.25) is 0 Å². The molecule has 1 atom stereocenters. The van der Waals surface area contributed by atoms with Gasteiger partial charge in [-0.05, 0) is 0 Å². The molecule has 0 spiro atoms. The fourth-order valence-corrected chi connectivity index (χ4v) is 1.86. The lowest BCUT2D eigenvalue weighted by Crippen LogP contribution is -2.08. The number of benzene rings is 1. The van der Waals surface area contributed by atoms with Gasteiger partial charge in [0, 0.05) is 28.2 Å². The zero-order chi connectivity index (χ0) is 13.1. The van der Waals surface area contributed by atoms with Gasteiger partial charge in [0.1, 0.15) is 0 Å². The molecule has 0 aliphatic heterocycles. The highest BCUT2D eigenvalue weighted by molar-refractivity contribution is 8.09. The van der Waals surface area contributed by atoms with E-state index in [4.69, 9.17) is 10.7 Å². The molecule has 94 valence electrons. The molecule has 1 rings (SSSR count). The first-order chi connectivity index (χ1) is 7.81. The average Bonchev–Trinajstić information content (AvgIpc) is 2.25. The molecule has 1 aromatic rings. The van der Waals surface area contributed by atoms with Crippen molar-refractivity contribution < 1.29 is 17.5 Å². The first-order valence-corrected chi connectivity index (χ1v) is 6.87. The highest BCUT2D eigenvalue weighted by Gasteiger charge is 2.19. The Morgan fingerprint density at radius 3 is 2.59 bits per heavy atom. The Morgan fingerprint density at radius 1 is 1.47 bits per heavy atom. The monoisotopic (exact) mass is 279 g/mol. The molecule has 0 amide bonds. The van der Waals surface area contributed by atoms with Gasteiger partial charge in [-0.1, -0.05) is 25.1 Å². The van der Waals surface area contributed by atoms with E-state index >= 15 is 0 Å². The third-order valence-electron chi connectivity index (χ3n) is 2.12. The van der Waals surface area contributed by atoms with Gasteiger partial charge < -0.3 is 0 Å². The fourth-order valence-electron chi connectivity index (χ4n) is 1.34. The molecule has 0 N–H and O–H groups in total. The summed E-state index contributed by atoms with van der Waals surface area (Å²) in [7, 11) is 0.825. The Kier molecular flexibility index (Phi) is 4.44. The number of nitro benzene ring substituents is 1. The van der Waals surface area contributed by atoms with Gasteiger partial charge in [0.2, 0.25) is 0 Å². The van der Waals surface area contributed by atoms with Gasteiger partial charge in [-0.2, -0.15) is 8.42 Å². The molecular weight excluding hydrogens is 270 g/mol. The van der Waals surface area contributed by atoms with Crippen LogP contribution in [-0.4, -0.2) is 19.9 Å². The number of halogens is 1. The smallest absolute Gasteiger partial charge is 0.258 e. The molecule has 0 bridgehead atoms. The average molecular weight is 280 g/mol. The molecule has 0 saturated heterocycles. The molecule has 0 fully saturated rings. The van der Waals surface area contributed by atoms with E-state index in [0.717, 1.165) is 0 Å². The summed E-state index contributed by atoms with van der Waals surface area (Å²) >= 11 is 0. The lowest BCUT2D eigenvalue weighted by atomic mass is 10.0. The maximum Gasteiger partial charge on any atom is 0.355 e. The Hall–Kier alpha value is -1.18. The van der Waals surface area contributed by atoms with E-state index in [1.165, 1.54) is 12.1 Å². The van der Waals surface area contributed by atoms with E-state index in [2.05, 4.69) is 4.18 Å². The Balaban J connectivity index is 2.89. The summed E-state index contributed by atoms with van der Waals surface area (Å²) in [5, 5.41) is 10.7. The predicted molar refractivity (Wildman–Crippen MR) is 62.2 cm³/mol. The molecule has 1 unspecified atom stereocenters. The normalized spacial score (nSPS) is 13.3. The zero-order valence-electron chi connectivity index (χ0n) is 8.87. The Morgan fingerprint density at radius 2 is 2.06 bits per heavy atom. The van der Waals surface area contributed by atoms with Crippen LogP contribution in [0.1, 0.15) is 18.4 Å². The predicted octanol–water partition coefficient (Wildman–Crippen LogP) is 2.20. The minimum atomic E-state index is -4.06. The van der Waals surface area contributed by atoms with Gasteiger partial charge in [0.05, 0.1) is 11.5 Å². The van der Waals surface area contributed by atoms with Crippen molar-refractivity contribution in [2.75, 3.05) is 6.61 Å². The molecule has 6 nitrogen and oxygen atoms in total. The zero-order valence-corrected chi connectivity index (χ0v) is 10.4. The van der Waals surface area contributed by atoms with Crippen molar-refractivity contribution in [2.24, 2.45) is 0 Å². The third kappa shape index (κ3) is 4.29. The Bertz CT molecular complexity index is 516. The molecule has 0 aliphatic rings. The topological polar surface area (TPSA) is 86.5 Å². The summed E-state index contributed by atoms with van der Waals surface area (Å²) in [6.45, 7) is 1.38. The lowest BCUT2D eigenvalue weighted by Gasteiger charge is -2.10. The van der Waals surface area contributed by atoms with E-state index in [-0.39, 0.29) is 12.3 Å². The van der Waals surface area contributed by atoms with Crippen molar-refractivity contribution in [1.29, 1.82) is 0 Å². The van der Waals surface area contributed by atoms with Crippen LogP contribution in [0.3, 0.4) is 0 Å². The molecule has 0 radical (unpaired) electrons. The lowest BCUT2D eigenvalue weighted by molar-refractivity contribution is -0.385. The van der Waals surface area contributed by atoms with Gasteiger partial charge in [0.25, 0.3) is 5.69 Å². The van der Waals surface area contributed by atoms with E-state index in [1.54, 1.807) is 19.1 Å². The maximum atomic E-state index is 10.7. The molecule has 17 heavy (non-hydrogen) atoms. The summed E-state index contributed by atoms with van der Waals surface area (Å²) in [5.74, 6) is -0.454. The number of hydrogen-bond acceptors (Lipinski definition) is 5. The number of nitrogens with zero attached hydrogens (tertiary/aromatic N) is 1. The minimum absolute atomic E-state index is 0.0735. The maximum absolute atomic E-state index is 10.7. The van der Waals surface area contributed by atoms with Crippen molar-refractivity contribution in [3.05, 3.63) is 39.9 Å². The second kappa shape index (κ2) is 5.44. The third-order valence-corrected chi connectivity index (χ3v) is 2.81. The van der Waals surface area contributed by atoms with Gasteiger partial charge >= 0.3 is 9.33 Å². The molecule has 1 aromatic carbocycles. The second-order valence-corrected chi connectivity index (χ2v) is 5.55. The molecular formula is C9H10ClNO5S. The van der Waals surface area contributed by atoms with E-state index in [9.17, 15) is 18.5 Å². The summed E-state index contributed by atoms with van der Waals surface area (Å²) < 4.78 is 25.6. The van der Waals surface area contributed by atoms with E-state index < -0.39 is 20.2 Å². The standard InChI is InChI=1S/C9H10ClNO5S/c1-7(6-16-17(10,14)15)8-4-2-3-5-9(8)11(12)13/h2-5,7H,6H2,1H3. The molecule has 0 aromatic heterocycles. The van der Waals surface area contributed by atoms with Crippen LogP contribution in [-0.2, 0) is 13.5 Å². The van der Waals surface area contributed by atoms with E-state index in [1.807, 2.05) is 0 Å². The number of hydrogen-bond donors (Lipinski definition) is 0. The highest BCUT2D eigenvalue weighted by Crippen LogP contribution is 2.26.